The summed E-state index contributed by atoms with van der Waals surface area (Å²) in [5.41, 5.74) is 1.46. The van der Waals surface area contributed by atoms with Crippen LogP contribution in [0.4, 0.5) is 5.82 Å². The fourth-order valence-electron chi connectivity index (χ4n) is 3.48. The van der Waals surface area contributed by atoms with Crippen molar-refractivity contribution in [2.24, 2.45) is 5.92 Å². The molecule has 0 spiro atoms. The van der Waals surface area contributed by atoms with E-state index in [-0.39, 0.29) is 0 Å². The van der Waals surface area contributed by atoms with Gasteiger partial charge in [0.2, 0.25) is 0 Å². The van der Waals surface area contributed by atoms with Crippen molar-refractivity contribution in [3.05, 3.63) is 53.7 Å². The number of rotatable bonds is 4. The number of thiophene rings is 1. The van der Waals surface area contributed by atoms with Crippen molar-refractivity contribution < 1.29 is 0 Å². The molecule has 0 N–H and O–H groups in total. The first-order chi connectivity index (χ1) is 11.4. The molecule has 3 heterocycles. The molecule has 0 bridgehead atoms. The highest BCUT2D eigenvalue weighted by Crippen LogP contribution is 2.30. The van der Waals surface area contributed by atoms with E-state index in [2.05, 4.69) is 56.6 Å². The lowest BCUT2D eigenvalue weighted by molar-refractivity contribution is 0.381. The smallest absolute Gasteiger partial charge is 0.140 e. The number of aromatic nitrogens is 2. The molecule has 3 aromatic rings. The molecule has 4 rings (SSSR count). The molecule has 1 aliphatic rings. The summed E-state index contributed by atoms with van der Waals surface area (Å²) in [4.78, 5) is 12.4. The number of hydrogen-bond donors (Lipinski definition) is 0. The van der Waals surface area contributed by atoms with Gasteiger partial charge in [-0.2, -0.15) is 0 Å². The maximum Gasteiger partial charge on any atom is 0.140 e. The van der Waals surface area contributed by atoms with E-state index in [1.807, 2.05) is 0 Å². The lowest BCUT2D eigenvalue weighted by Crippen LogP contribution is -2.34. The summed E-state index contributed by atoms with van der Waals surface area (Å²) in [6.07, 6.45) is 6.74. The third kappa shape index (κ3) is 3.22. The van der Waals surface area contributed by atoms with Crippen LogP contribution in [-0.2, 0) is 6.42 Å². The summed E-state index contributed by atoms with van der Waals surface area (Å²) in [7, 11) is 0. The Bertz CT molecular complexity index is 760. The van der Waals surface area contributed by atoms with E-state index in [0.29, 0.717) is 0 Å². The van der Waals surface area contributed by atoms with Gasteiger partial charge in [0, 0.05) is 13.1 Å². The number of anilines is 1. The van der Waals surface area contributed by atoms with Crippen molar-refractivity contribution in [2.75, 3.05) is 18.0 Å². The zero-order chi connectivity index (χ0) is 15.5. The lowest BCUT2D eigenvalue weighted by atomic mass is 9.90. The Morgan fingerprint density at radius 1 is 1.04 bits per heavy atom. The molecular formula is C19H21N3S. The molecule has 0 unspecified atom stereocenters. The first kappa shape index (κ1) is 14.6. The zero-order valence-electron chi connectivity index (χ0n) is 13.2. The highest BCUT2D eigenvalue weighted by Gasteiger charge is 2.21. The van der Waals surface area contributed by atoms with E-state index in [1.54, 1.807) is 17.7 Å². The van der Waals surface area contributed by atoms with E-state index in [0.717, 1.165) is 29.7 Å². The normalized spacial score (nSPS) is 16.1. The van der Waals surface area contributed by atoms with Gasteiger partial charge in [0.1, 0.15) is 17.0 Å². The molecule has 0 radical (unpaired) electrons. The third-order valence-corrected chi connectivity index (χ3v) is 5.66. The minimum Gasteiger partial charge on any atom is -0.356 e. The molecule has 1 fully saturated rings. The van der Waals surface area contributed by atoms with E-state index < -0.39 is 0 Å². The first-order valence-electron chi connectivity index (χ1n) is 8.37. The summed E-state index contributed by atoms with van der Waals surface area (Å²) in [6.45, 7) is 2.23. The van der Waals surface area contributed by atoms with Crippen LogP contribution < -0.4 is 4.90 Å². The number of benzene rings is 1. The molecule has 3 nitrogen and oxygen atoms in total. The van der Waals surface area contributed by atoms with Crippen molar-refractivity contribution in [2.45, 2.75) is 25.7 Å². The Labute approximate surface area is 141 Å². The SMILES string of the molecule is c1ccc(CCC2CCN(c3ncnc4sccc34)CC2)cc1. The van der Waals surface area contributed by atoms with Crippen molar-refractivity contribution in [3.8, 4) is 0 Å². The van der Waals surface area contributed by atoms with Gasteiger partial charge < -0.3 is 4.90 Å². The summed E-state index contributed by atoms with van der Waals surface area (Å²) < 4.78 is 0. The van der Waals surface area contributed by atoms with Gasteiger partial charge in [-0.25, -0.2) is 9.97 Å². The van der Waals surface area contributed by atoms with Gasteiger partial charge in [-0.1, -0.05) is 30.3 Å². The van der Waals surface area contributed by atoms with Crippen molar-refractivity contribution in [3.63, 3.8) is 0 Å². The number of fused-ring (bicyclic) bond motifs is 1. The number of piperidine rings is 1. The van der Waals surface area contributed by atoms with Crippen LogP contribution in [0, 0.1) is 5.92 Å². The maximum absolute atomic E-state index is 4.54. The molecule has 0 atom stereocenters. The highest BCUT2D eigenvalue weighted by atomic mass is 32.1. The van der Waals surface area contributed by atoms with Crippen LogP contribution in [0.3, 0.4) is 0 Å². The Morgan fingerprint density at radius 3 is 2.70 bits per heavy atom. The summed E-state index contributed by atoms with van der Waals surface area (Å²) >= 11 is 1.69. The second-order valence-electron chi connectivity index (χ2n) is 6.29. The van der Waals surface area contributed by atoms with Gasteiger partial charge in [0.25, 0.3) is 0 Å². The van der Waals surface area contributed by atoms with E-state index in [9.17, 15) is 0 Å². The predicted molar refractivity (Wildman–Crippen MR) is 97.1 cm³/mol. The standard InChI is InChI=1S/C19H21N3S/c1-2-4-15(5-3-1)6-7-16-8-11-22(12-9-16)18-17-10-13-23-19(17)21-14-20-18/h1-5,10,13-14,16H,6-9,11-12H2. The molecule has 2 aromatic heterocycles. The molecule has 1 aliphatic heterocycles. The second kappa shape index (κ2) is 6.67. The van der Waals surface area contributed by atoms with Crippen LogP contribution in [0.25, 0.3) is 10.2 Å². The van der Waals surface area contributed by atoms with Gasteiger partial charge in [-0.15, -0.1) is 11.3 Å². The Kier molecular flexibility index (Phi) is 4.24. The van der Waals surface area contributed by atoms with Crippen LogP contribution in [0.2, 0.25) is 0 Å². The van der Waals surface area contributed by atoms with Gasteiger partial charge in [0.05, 0.1) is 5.39 Å². The highest BCUT2D eigenvalue weighted by molar-refractivity contribution is 7.16. The average molecular weight is 323 g/mol. The van der Waals surface area contributed by atoms with Gasteiger partial charge in [-0.3, -0.25) is 0 Å². The van der Waals surface area contributed by atoms with Crippen molar-refractivity contribution in [1.82, 2.24) is 9.97 Å². The van der Waals surface area contributed by atoms with Crippen molar-refractivity contribution >= 4 is 27.4 Å². The number of aryl methyl sites for hydroxylation is 1. The second-order valence-corrected chi connectivity index (χ2v) is 7.19. The first-order valence-corrected chi connectivity index (χ1v) is 9.25. The topological polar surface area (TPSA) is 29.0 Å². The molecule has 118 valence electrons. The van der Waals surface area contributed by atoms with Crippen LogP contribution in [0.1, 0.15) is 24.8 Å². The van der Waals surface area contributed by atoms with Gasteiger partial charge in [-0.05, 0) is 48.6 Å². The van der Waals surface area contributed by atoms with Crippen molar-refractivity contribution in [1.29, 1.82) is 0 Å². The lowest BCUT2D eigenvalue weighted by Gasteiger charge is -2.33. The molecule has 1 aromatic carbocycles. The van der Waals surface area contributed by atoms with Crippen LogP contribution in [0.15, 0.2) is 48.1 Å². The van der Waals surface area contributed by atoms with Gasteiger partial charge in [0.15, 0.2) is 0 Å². The monoisotopic (exact) mass is 323 g/mol. The predicted octanol–water partition coefficient (Wildman–Crippen LogP) is 4.54. The van der Waals surface area contributed by atoms with Crippen LogP contribution >= 0.6 is 11.3 Å². The molecular weight excluding hydrogens is 302 g/mol. The molecule has 0 saturated carbocycles. The van der Waals surface area contributed by atoms with E-state index in [1.165, 1.54) is 36.6 Å². The fraction of sp³-hybridized carbons (Fsp3) is 0.368. The number of nitrogens with zero attached hydrogens (tertiary/aromatic N) is 3. The largest absolute Gasteiger partial charge is 0.356 e. The molecule has 1 saturated heterocycles. The Hall–Kier alpha value is -1.94. The van der Waals surface area contributed by atoms with E-state index in [4.69, 9.17) is 0 Å². The molecule has 0 amide bonds. The molecule has 0 aliphatic carbocycles. The Balaban J connectivity index is 1.37. The van der Waals surface area contributed by atoms with Gasteiger partial charge >= 0.3 is 0 Å². The summed E-state index contributed by atoms with van der Waals surface area (Å²) in [5, 5.41) is 3.32. The zero-order valence-corrected chi connectivity index (χ0v) is 14.0. The molecule has 4 heteroatoms. The molecule has 23 heavy (non-hydrogen) atoms. The summed E-state index contributed by atoms with van der Waals surface area (Å²) in [5.74, 6) is 1.96. The number of hydrogen-bond acceptors (Lipinski definition) is 4. The minimum absolute atomic E-state index is 0.839. The maximum atomic E-state index is 4.54. The third-order valence-electron chi connectivity index (χ3n) is 4.84. The fourth-order valence-corrected chi connectivity index (χ4v) is 4.21. The van der Waals surface area contributed by atoms with Crippen LogP contribution in [0.5, 0.6) is 0 Å². The van der Waals surface area contributed by atoms with Crippen LogP contribution in [-0.4, -0.2) is 23.1 Å². The Morgan fingerprint density at radius 2 is 1.87 bits per heavy atom. The quantitative estimate of drug-likeness (QED) is 0.706. The minimum atomic E-state index is 0.839. The summed E-state index contributed by atoms with van der Waals surface area (Å²) in [6, 6.07) is 13.0. The van der Waals surface area contributed by atoms with E-state index >= 15 is 0 Å². The average Bonchev–Trinajstić information content (AvgIpc) is 3.10.